The predicted molar refractivity (Wildman–Crippen MR) is 74.9 cm³/mol. The van der Waals surface area contributed by atoms with E-state index >= 15 is 0 Å². The maximum Gasteiger partial charge on any atom is 0.125 e. The van der Waals surface area contributed by atoms with Crippen LogP contribution in [0.15, 0.2) is 24.8 Å². The van der Waals surface area contributed by atoms with E-state index in [0.29, 0.717) is 0 Å². The van der Waals surface area contributed by atoms with E-state index in [9.17, 15) is 0 Å². The Hall–Kier alpha value is -1.24. The van der Waals surface area contributed by atoms with Gasteiger partial charge in [-0.1, -0.05) is 44.5 Å². The molecule has 0 amide bonds. The summed E-state index contributed by atoms with van der Waals surface area (Å²) >= 11 is 0. The van der Waals surface area contributed by atoms with Crippen molar-refractivity contribution in [1.29, 1.82) is 0 Å². The molecule has 1 nitrogen and oxygen atoms in total. The molecule has 0 bridgehead atoms. The second-order valence-corrected chi connectivity index (χ2v) is 5.58. The van der Waals surface area contributed by atoms with Crippen molar-refractivity contribution in [3.8, 4) is 5.75 Å². The second-order valence-electron chi connectivity index (χ2n) is 5.58. The average molecular weight is 232 g/mol. The third-order valence-corrected chi connectivity index (χ3v) is 2.94. The Balaban J connectivity index is 3.30. The molecule has 0 spiro atoms. The number of hydrogen-bond donors (Lipinski definition) is 0. The maximum atomic E-state index is 5.62. The molecule has 0 fully saturated rings. The van der Waals surface area contributed by atoms with Crippen LogP contribution in [0.1, 0.15) is 43.9 Å². The fourth-order valence-electron chi connectivity index (χ4n) is 2.09. The van der Waals surface area contributed by atoms with E-state index in [-0.39, 0.29) is 5.41 Å². The topological polar surface area (TPSA) is 9.23 Å². The van der Waals surface area contributed by atoms with Crippen molar-refractivity contribution < 1.29 is 4.74 Å². The minimum absolute atomic E-state index is 0.111. The largest absolute Gasteiger partial charge is 0.496 e. The first kappa shape index (κ1) is 13.8. The van der Waals surface area contributed by atoms with Gasteiger partial charge in [-0.2, -0.15) is 0 Å². The van der Waals surface area contributed by atoms with Crippen LogP contribution in [0.5, 0.6) is 5.75 Å². The zero-order chi connectivity index (χ0) is 13.1. The Morgan fingerprint density at radius 2 is 1.94 bits per heavy atom. The van der Waals surface area contributed by atoms with Crippen molar-refractivity contribution in [2.75, 3.05) is 7.11 Å². The van der Waals surface area contributed by atoms with Crippen molar-refractivity contribution in [1.82, 2.24) is 0 Å². The Morgan fingerprint density at radius 1 is 1.29 bits per heavy atom. The summed E-state index contributed by atoms with van der Waals surface area (Å²) < 4.78 is 5.62. The summed E-state index contributed by atoms with van der Waals surface area (Å²) in [5.74, 6) is 1.05. The van der Waals surface area contributed by atoms with Crippen molar-refractivity contribution in [2.24, 2.45) is 0 Å². The van der Waals surface area contributed by atoms with Gasteiger partial charge in [0.05, 0.1) is 7.11 Å². The lowest BCUT2D eigenvalue weighted by Crippen LogP contribution is -2.14. The molecule has 0 aromatic heterocycles. The summed E-state index contributed by atoms with van der Waals surface area (Å²) in [6.45, 7) is 12.6. The molecule has 1 aromatic carbocycles. The molecule has 0 unspecified atom stereocenters. The minimum atomic E-state index is 0.111. The molecular formula is C16H24O. The molecule has 1 aromatic rings. The lowest BCUT2D eigenvalue weighted by Gasteiger charge is -2.24. The molecule has 0 aliphatic rings. The molecule has 1 heteroatoms. The highest BCUT2D eigenvalue weighted by Gasteiger charge is 2.21. The predicted octanol–water partition coefficient (Wildman–Crippen LogP) is 4.42. The number of benzene rings is 1. The van der Waals surface area contributed by atoms with Crippen LogP contribution >= 0.6 is 0 Å². The van der Waals surface area contributed by atoms with Gasteiger partial charge in [-0.15, -0.1) is 6.58 Å². The van der Waals surface area contributed by atoms with Crippen LogP contribution in [0, 0.1) is 6.92 Å². The normalized spacial score (nSPS) is 11.4. The van der Waals surface area contributed by atoms with Crippen LogP contribution in [-0.2, 0) is 11.8 Å². The molecule has 0 atom stereocenters. The van der Waals surface area contributed by atoms with E-state index < -0.39 is 0 Å². The number of hydrogen-bond acceptors (Lipinski definition) is 1. The molecule has 0 aliphatic carbocycles. The lowest BCUT2D eigenvalue weighted by molar-refractivity contribution is 0.392. The van der Waals surface area contributed by atoms with Crippen LogP contribution in [0.4, 0.5) is 0 Å². The molecule has 0 saturated heterocycles. The lowest BCUT2D eigenvalue weighted by atomic mass is 9.83. The third-order valence-electron chi connectivity index (χ3n) is 2.94. The van der Waals surface area contributed by atoms with E-state index in [1.807, 2.05) is 6.08 Å². The Kier molecular flexibility index (Phi) is 4.39. The van der Waals surface area contributed by atoms with Gasteiger partial charge in [-0.05, 0) is 30.7 Å². The van der Waals surface area contributed by atoms with Gasteiger partial charge in [-0.3, -0.25) is 0 Å². The number of methoxy groups -OCH3 is 1. The number of allylic oxidation sites excluding steroid dienone is 1. The summed E-state index contributed by atoms with van der Waals surface area (Å²) in [6, 6.07) is 4.45. The maximum absolute atomic E-state index is 5.62. The number of rotatable bonds is 4. The summed E-state index contributed by atoms with van der Waals surface area (Å²) in [4.78, 5) is 0. The highest BCUT2D eigenvalue weighted by molar-refractivity contribution is 5.48. The smallest absolute Gasteiger partial charge is 0.125 e. The fourth-order valence-corrected chi connectivity index (χ4v) is 2.09. The Bertz CT molecular complexity index is 397. The minimum Gasteiger partial charge on any atom is -0.496 e. The molecule has 17 heavy (non-hydrogen) atoms. The van der Waals surface area contributed by atoms with Crippen LogP contribution in [0.25, 0.3) is 0 Å². The van der Waals surface area contributed by atoms with Gasteiger partial charge in [0, 0.05) is 5.56 Å². The van der Waals surface area contributed by atoms with E-state index in [1.165, 1.54) is 16.7 Å². The molecule has 94 valence electrons. The highest BCUT2D eigenvalue weighted by Crippen LogP contribution is 2.35. The summed E-state index contributed by atoms with van der Waals surface area (Å²) in [5.41, 5.74) is 3.99. The molecule has 0 radical (unpaired) electrons. The zero-order valence-corrected chi connectivity index (χ0v) is 11.8. The monoisotopic (exact) mass is 232 g/mol. The fraction of sp³-hybridized carbons (Fsp3) is 0.500. The summed E-state index contributed by atoms with van der Waals surface area (Å²) in [5, 5.41) is 0. The molecule has 0 heterocycles. The average Bonchev–Trinajstić information content (AvgIpc) is 2.24. The van der Waals surface area contributed by atoms with Gasteiger partial charge in [0.15, 0.2) is 0 Å². The van der Waals surface area contributed by atoms with Gasteiger partial charge in [0.1, 0.15) is 5.75 Å². The first-order chi connectivity index (χ1) is 7.90. The zero-order valence-electron chi connectivity index (χ0n) is 11.8. The van der Waals surface area contributed by atoms with Crippen LogP contribution in [-0.4, -0.2) is 7.11 Å². The SMILES string of the molecule is C=CCCc1cc(C)cc(C(C)(C)C)c1OC. The molecule has 0 saturated carbocycles. The van der Waals surface area contributed by atoms with Gasteiger partial charge < -0.3 is 4.74 Å². The van der Waals surface area contributed by atoms with E-state index in [0.717, 1.165) is 18.6 Å². The summed E-state index contributed by atoms with van der Waals surface area (Å²) in [7, 11) is 1.76. The Labute approximate surface area is 106 Å². The number of aryl methyl sites for hydroxylation is 2. The first-order valence-corrected chi connectivity index (χ1v) is 6.19. The van der Waals surface area contributed by atoms with Crippen molar-refractivity contribution >= 4 is 0 Å². The standard InChI is InChI=1S/C16H24O/c1-7-8-9-13-10-12(2)11-14(15(13)17-6)16(3,4)5/h7,10-11H,1,8-9H2,2-6H3. The van der Waals surface area contributed by atoms with Crippen LogP contribution in [0.2, 0.25) is 0 Å². The van der Waals surface area contributed by atoms with Crippen molar-refractivity contribution in [3.63, 3.8) is 0 Å². The van der Waals surface area contributed by atoms with E-state index in [4.69, 9.17) is 4.74 Å². The van der Waals surface area contributed by atoms with Gasteiger partial charge >= 0.3 is 0 Å². The van der Waals surface area contributed by atoms with Gasteiger partial charge in [0.2, 0.25) is 0 Å². The molecular weight excluding hydrogens is 208 g/mol. The van der Waals surface area contributed by atoms with E-state index in [2.05, 4.69) is 46.4 Å². The quantitative estimate of drug-likeness (QED) is 0.698. The van der Waals surface area contributed by atoms with Crippen LogP contribution < -0.4 is 4.74 Å². The van der Waals surface area contributed by atoms with Gasteiger partial charge in [-0.25, -0.2) is 0 Å². The van der Waals surface area contributed by atoms with Gasteiger partial charge in [0.25, 0.3) is 0 Å². The molecule has 0 aliphatic heterocycles. The summed E-state index contributed by atoms with van der Waals surface area (Å²) in [6.07, 6.45) is 3.94. The van der Waals surface area contributed by atoms with Crippen molar-refractivity contribution in [3.05, 3.63) is 41.5 Å². The molecule has 0 N–H and O–H groups in total. The first-order valence-electron chi connectivity index (χ1n) is 6.19. The number of ether oxygens (including phenoxy) is 1. The van der Waals surface area contributed by atoms with Crippen LogP contribution in [0.3, 0.4) is 0 Å². The highest BCUT2D eigenvalue weighted by atomic mass is 16.5. The van der Waals surface area contributed by atoms with Crippen molar-refractivity contribution in [2.45, 2.75) is 46.0 Å². The second kappa shape index (κ2) is 5.39. The Morgan fingerprint density at radius 3 is 2.41 bits per heavy atom. The third kappa shape index (κ3) is 3.36. The van der Waals surface area contributed by atoms with E-state index in [1.54, 1.807) is 7.11 Å². The molecule has 1 rings (SSSR count).